The molecule has 5 aromatic rings. The predicted molar refractivity (Wildman–Crippen MR) is 166 cm³/mol. The van der Waals surface area contributed by atoms with Gasteiger partial charge in [0.1, 0.15) is 17.8 Å². The van der Waals surface area contributed by atoms with Crippen molar-refractivity contribution in [3.05, 3.63) is 66.3 Å². The van der Waals surface area contributed by atoms with Gasteiger partial charge in [-0.05, 0) is 44.9 Å². The zero-order valence-corrected chi connectivity index (χ0v) is 24.1. The van der Waals surface area contributed by atoms with Crippen LogP contribution in [0.2, 0.25) is 0 Å². The third-order valence-corrected chi connectivity index (χ3v) is 9.33. The van der Waals surface area contributed by atoms with E-state index in [4.69, 9.17) is 15.8 Å². The van der Waals surface area contributed by atoms with E-state index in [0.29, 0.717) is 17.9 Å². The molecular formula is C31H35N9S. The molecule has 0 amide bonds. The SMILES string of the molecule is CN1CCN(C2CCC(n3nc(-c4ccc(Nc5nc(-c6ccccc6)cs5)cc4)c4c(N)ncnc43)CC2)CC1. The molecule has 0 spiro atoms. The number of nitrogens with zero attached hydrogens (tertiary/aromatic N) is 7. The van der Waals surface area contributed by atoms with Crippen LogP contribution in [-0.4, -0.2) is 73.8 Å². The van der Waals surface area contributed by atoms with E-state index in [0.717, 1.165) is 70.3 Å². The normalized spacial score (nSPS) is 20.4. The van der Waals surface area contributed by atoms with E-state index < -0.39 is 0 Å². The van der Waals surface area contributed by atoms with Gasteiger partial charge < -0.3 is 16.0 Å². The molecule has 41 heavy (non-hydrogen) atoms. The van der Waals surface area contributed by atoms with Gasteiger partial charge in [-0.2, -0.15) is 5.10 Å². The summed E-state index contributed by atoms with van der Waals surface area (Å²) in [6.07, 6.45) is 6.13. The molecular weight excluding hydrogens is 530 g/mol. The number of anilines is 3. The first-order valence-corrected chi connectivity index (χ1v) is 15.3. The van der Waals surface area contributed by atoms with Crippen molar-refractivity contribution in [2.24, 2.45) is 0 Å². The van der Waals surface area contributed by atoms with Gasteiger partial charge in [-0.1, -0.05) is 42.5 Å². The maximum atomic E-state index is 6.42. The van der Waals surface area contributed by atoms with E-state index in [1.165, 1.54) is 25.9 Å². The van der Waals surface area contributed by atoms with Crippen LogP contribution in [0.15, 0.2) is 66.3 Å². The molecule has 2 aliphatic rings. The number of hydrogen-bond acceptors (Lipinski definition) is 9. The van der Waals surface area contributed by atoms with Gasteiger partial charge in [-0.3, -0.25) is 4.90 Å². The zero-order chi connectivity index (χ0) is 27.8. The minimum absolute atomic E-state index is 0.314. The molecule has 2 fully saturated rings. The van der Waals surface area contributed by atoms with Gasteiger partial charge in [-0.25, -0.2) is 19.6 Å². The lowest BCUT2D eigenvalue weighted by Crippen LogP contribution is -2.49. The third-order valence-electron chi connectivity index (χ3n) is 8.57. The predicted octanol–water partition coefficient (Wildman–Crippen LogP) is 5.67. The largest absolute Gasteiger partial charge is 0.383 e. The first-order valence-electron chi connectivity index (χ1n) is 14.4. The number of aromatic nitrogens is 5. The van der Waals surface area contributed by atoms with Crippen LogP contribution in [0.5, 0.6) is 0 Å². The molecule has 7 rings (SSSR count). The molecule has 3 N–H and O–H groups in total. The van der Waals surface area contributed by atoms with E-state index in [1.54, 1.807) is 17.7 Å². The fraction of sp³-hybridized carbons (Fsp3) is 0.355. The Hall–Kier alpha value is -3.86. The number of nitrogens with one attached hydrogen (secondary N) is 1. The molecule has 0 radical (unpaired) electrons. The fourth-order valence-electron chi connectivity index (χ4n) is 6.21. The maximum Gasteiger partial charge on any atom is 0.187 e. The average molecular weight is 566 g/mol. The molecule has 210 valence electrons. The van der Waals surface area contributed by atoms with Crippen LogP contribution in [0.25, 0.3) is 33.5 Å². The van der Waals surface area contributed by atoms with Crippen molar-refractivity contribution in [1.82, 2.24) is 34.5 Å². The molecule has 1 aliphatic heterocycles. The summed E-state index contributed by atoms with van der Waals surface area (Å²) < 4.78 is 2.12. The van der Waals surface area contributed by atoms with E-state index in [1.807, 2.05) is 18.2 Å². The van der Waals surface area contributed by atoms with Crippen molar-refractivity contribution in [3.63, 3.8) is 0 Å². The Labute approximate surface area is 244 Å². The summed E-state index contributed by atoms with van der Waals surface area (Å²) in [5.74, 6) is 0.473. The smallest absolute Gasteiger partial charge is 0.187 e. The highest BCUT2D eigenvalue weighted by atomic mass is 32.1. The second kappa shape index (κ2) is 11.2. The number of piperazine rings is 1. The first kappa shape index (κ1) is 26.1. The molecule has 10 heteroatoms. The highest BCUT2D eigenvalue weighted by molar-refractivity contribution is 7.14. The second-order valence-electron chi connectivity index (χ2n) is 11.2. The van der Waals surface area contributed by atoms with Crippen LogP contribution in [0.1, 0.15) is 31.7 Å². The summed E-state index contributed by atoms with van der Waals surface area (Å²) in [4.78, 5) is 18.8. The van der Waals surface area contributed by atoms with Crippen LogP contribution in [0.4, 0.5) is 16.6 Å². The van der Waals surface area contributed by atoms with Gasteiger partial charge >= 0.3 is 0 Å². The van der Waals surface area contributed by atoms with Gasteiger partial charge in [-0.15, -0.1) is 11.3 Å². The summed E-state index contributed by atoms with van der Waals surface area (Å²) >= 11 is 1.60. The number of likely N-dealkylation sites (N-methyl/N-ethyl adjacent to an activating group) is 1. The van der Waals surface area contributed by atoms with Gasteiger partial charge in [0.05, 0.1) is 17.1 Å². The summed E-state index contributed by atoms with van der Waals surface area (Å²) in [7, 11) is 2.22. The molecule has 1 saturated carbocycles. The van der Waals surface area contributed by atoms with Crippen molar-refractivity contribution in [2.75, 3.05) is 44.3 Å². The minimum atomic E-state index is 0.314. The van der Waals surface area contributed by atoms with Crippen molar-refractivity contribution >= 4 is 39.0 Å². The van der Waals surface area contributed by atoms with Gasteiger partial charge in [0, 0.05) is 54.4 Å². The lowest BCUT2D eigenvalue weighted by molar-refractivity contribution is 0.0815. The highest BCUT2D eigenvalue weighted by Gasteiger charge is 2.30. The summed E-state index contributed by atoms with van der Waals surface area (Å²) in [5, 5.41) is 12.3. The van der Waals surface area contributed by atoms with Gasteiger partial charge in [0.25, 0.3) is 0 Å². The zero-order valence-electron chi connectivity index (χ0n) is 23.3. The third kappa shape index (κ3) is 5.30. The summed E-state index contributed by atoms with van der Waals surface area (Å²) in [5.41, 5.74) is 12.1. The number of nitrogens with two attached hydrogens (primary N) is 1. The molecule has 0 atom stereocenters. The van der Waals surface area contributed by atoms with E-state index in [2.05, 4.69) is 78.6 Å². The van der Waals surface area contributed by atoms with Crippen LogP contribution in [0, 0.1) is 0 Å². The number of nitrogen functional groups attached to an aromatic ring is 1. The van der Waals surface area contributed by atoms with Crippen LogP contribution >= 0.6 is 11.3 Å². The van der Waals surface area contributed by atoms with E-state index in [9.17, 15) is 0 Å². The number of fused-ring (bicyclic) bond motifs is 1. The van der Waals surface area contributed by atoms with Crippen LogP contribution in [-0.2, 0) is 0 Å². The summed E-state index contributed by atoms with van der Waals surface area (Å²) in [6.45, 7) is 4.67. The van der Waals surface area contributed by atoms with Gasteiger partial charge in [0.15, 0.2) is 10.8 Å². The Kier molecular flexibility index (Phi) is 7.12. The molecule has 0 unspecified atom stereocenters. The number of rotatable bonds is 6. The fourth-order valence-corrected chi connectivity index (χ4v) is 6.95. The molecule has 1 aliphatic carbocycles. The Morgan fingerprint density at radius 2 is 1.59 bits per heavy atom. The van der Waals surface area contributed by atoms with Gasteiger partial charge in [0.2, 0.25) is 0 Å². The highest BCUT2D eigenvalue weighted by Crippen LogP contribution is 2.37. The lowest BCUT2D eigenvalue weighted by Gasteiger charge is -2.41. The van der Waals surface area contributed by atoms with Crippen molar-refractivity contribution < 1.29 is 0 Å². The number of hydrogen-bond donors (Lipinski definition) is 2. The Morgan fingerprint density at radius 3 is 2.34 bits per heavy atom. The Morgan fingerprint density at radius 1 is 0.854 bits per heavy atom. The van der Waals surface area contributed by atoms with Crippen molar-refractivity contribution in [1.29, 1.82) is 0 Å². The van der Waals surface area contributed by atoms with Crippen molar-refractivity contribution in [2.45, 2.75) is 37.8 Å². The Bertz CT molecular complexity index is 1610. The minimum Gasteiger partial charge on any atom is -0.383 e. The first-order chi connectivity index (χ1) is 20.1. The number of benzene rings is 2. The molecule has 9 nitrogen and oxygen atoms in total. The summed E-state index contributed by atoms with van der Waals surface area (Å²) in [6, 6.07) is 19.5. The number of thiazole rings is 1. The monoisotopic (exact) mass is 565 g/mol. The second-order valence-corrected chi connectivity index (χ2v) is 12.0. The molecule has 0 bridgehead atoms. The van der Waals surface area contributed by atoms with E-state index >= 15 is 0 Å². The van der Waals surface area contributed by atoms with Crippen LogP contribution < -0.4 is 11.1 Å². The topological polar surface area (TPSA) is 101 Å². The van der Waals surface area contributed by atoms with Crippen molar-refractivity contribution in [3.8, 4) is 22.5 Å². The molecule has 3 aromatic heterocycles. The lowest BCUT2D eigenvalue weighted by atomic mass is 9.90. The molecule has 1 saturated heterocycles. The maximum absolute atomic E-state index is 6.42. The van der Waals surface area contributed by atoms with Crippen LogP contribution in [0.3, 0.4) is 0 Å². The Balaban J connectivity index is 1.09. The molecule has 4 heterocycles. The quantitative estimate of drug-likeness (QED) is 0.272. The molecule has 2 aromatic carbocycles. The standard InChI is InChI=1S/C31H35N9S/c1-38-15-17-39(18-16-38)24-11-13-25(14-12-24)40-30-27(29(32)33-20-34-30)28(37-40)22-7-9-23(10-8-22)35-31-36-26(19-41-31)21-5-3-2-4-6-21/h2-10,19-20,24-25H,11-18H2,1H3,(H,35,36)(H2,32,33,34). The average Bonchev–Trinajstić information content (AvgIpc) is 3.65. The van der Waals surface area contributed by atoms with E-state index in [-0.39, 0.29) is 0 Å².